The molecule has 3 nitrogen and oxygen atoms in total. The summed E-state index contributed by atoms with van der Waals surface area (Å²) >= 11 is 1.56. The van der Waals surface area contributed by atoms with Crippen molar-refractivity contribution >= 4 is 17.6 Å². The Morgan fingerprint density at radius 3 is 2.10 bits per heavy atom. The van der Waals surface area contributed by atoms with E-state index >= 15 is 0 Å². The molecule has 1 atom stereocenters. The zero-order chi connectivity index (χ0) is 15.4. The lowest BCUT2D eigenvalue weighted by Crippen LogP contribution is -2.51. The molecule has 1 rings (SSSR count). The molecule has 0 spiro atoms. The van der Waals surface area contributed by atoms with Crippen molar-refractivity contribution in [2.45, 2.75) is 46.3 Å². The Balaban J connectivity index is 2.61. The summed E-state index contributed by atoms with van der Waals surface area (Å²) in [5, 5.41) is 13.7. The van der Waals surface area contributed by atoms with E-state index in [2.05, 4.69) is 44.7 Å². The molecule has 20 heavy (non-hydrogen) atoms. The predicted molar refractivity (Wildman–Crippen MR) is 90.1 cm³/mol. The first-order valence-electron chi connectivity index (χ1n) is 6.99. The molecule has 1 aromatic rings. The number of rotatable bonds is 6. The summed E-state index contributed by atoms with van der Waals surface area (Å²) in [4.78, 5) is 0. The van der Waals surface area contributed by atoms with Crippen LogP contribution < -0.4 is 10.0 Å². The Bertz CT molecular complexity index is 409. The van der Waals surface area contributed by atoms with Crippen molar-refractivity contribution in [3.05, 3.63) is 29.8 Å². The topological polar surface area (TPSA) is 44.3 Å². The molecular formula is C16H28N2OS. The summed E-state index contributed by atoms with van der Waals surface area (Å²) in [7, 11) is 0. The number of aliphatic hydroxyl groups excluding tert-OH is 1. The maximum Gasteiger partial charge on any atom is 0.0914 e. The van der Waals surface area contributed by atoms with Crippen LogP contribution in [0.5, 0.6) is 0 Å². The van der Waals surface area contributed by atoms with E-state index in [9.17, 15) is 5.11 Å². The third-order valence-corrected chi connectivity index (χ3v) is 4.57. The minimum absolute atomic E-state index is 0.0334. The third kappa shape index (κ3) is 4.69. The monoisotopic (exact) mass is 296 g/mol. The summed E-state index contributed by atoms with van der Waals surface area (Å²) in [5.74, 6) is 0. The molecule has 0 aliphatic rings. The largest absolute Gasteiger partial charge is 0.387 e. The highest BCUT2D eigenvalue weighted by molar-refractivity contribution is 7.99. The number of anilines is 1. The van der Waals surface area contributed by atoms with E-state index in [1.54, 1.807) is 11.9 Å². The average Bonchev–Trinajstić information content (AvgIpc) is 2.36. The van der Waals surface area contributed by atoms with Crippen molar-refractivity contribution in [1.29, 1.82) is 0 Å². The molecule has 0 fully saturated rings. The van der Waals surface area contributed by atoms with Crippen LogP contribution in [0.15, 0.2) is 24.3 Å². The molecule has 0 radical (unpaired) electrons. The van der Waals surface area contributed by atoms with Gasteiger partial charge in [0.1, 0.15) is 0 Å². The molecule has 0 amide bonds. The Morgan fingerprint density at radius 1 is 1.10 bits per heavy atom. The first-order chi connectivity index (χ1) is 9.17. The minimum atomic E-state index is -0.486. The van der Waals surface area contributed by atoms with Crippen molar-refractivity contribution < 1.29 is 5.11 Å². The fourth-order valence-electron chi connectivity index (χ4n) is 1.63. The Kier molecular flexibility index (Phi) is 5.92. The van der Waals surface area contributed by atoms with E-state index in [-0.39, 0.29) is 11.0 Å². The second kappa shape index (κ2) is 6.83. The molecule has 0 aliphatic carbocycles. The molecule has 0 heterocycles. The second-order valence-electron chi connectivity index (χ2n) is 6.70. The fraction of sp³-hybridized carbons (Fsp3) is 0.625. The lowest BCUT2D eigenvalue weighted by molar-refractivity contribution is 0.122. The highest BCUT2D eigenvalue weighted by atomic mass is 32.2. The smallest absolute Gasteiger partial charge is 0.0914 e. The normalized spacial score (nSPS) is 14.2. The SMILES string of the molecule is CSNc1ccc(C(O)CNC(C)(C)C(C)(C)C)cc1. The lowest BCUT2D eigenvalue weighted by Gasteiger charge is -2.40. The van der Waals surface area contributed by atoms with E-state index in [0.29, 0.717) is 6.54 Å². The van der Waals surface area contributed by atoms with E-state index in [1.165, 1.54) is 0 Å². The zero-order valence-corrected chi connectivity index (χ0v) is 14.3. The molecule has 4 heteroatoms. The number of benzene rings is 1. The van der Waals surface area contributed by atoms with Crippen molar-refractivity contribution in [3.63, 3.8) is 0 Å². The fourth-order valence-corrected chi connectivity index (χ4v) is 2.00. The van der Waals surface area contributed by atoms with Gasteiger partial charge >= 0.3 is 0 Å². The van der Waals surface area contributed by atoms with Crippen molar-refractivity contribution in [2.75, 3.05) is 17.5 Å². The Hall–Kier alpha value is -0.710. The summed E-state index contributed by atoms with van der Waals surface area (Å²) in [6, 6.07) is 7.91. The quantitative estimate of drug-likeness (QED) is 0.698. The molecule has 0 saturated carbocycles. The standard InChI is InChI=1S/C16H28N2OS/c1-15(2,3)16(4,5)17-11-14(19)12-7-9-13(10-8-12)18-20-6/h7-10,14,17-19H,11H2,1-6H3. The van der Waals surface area contributed by atoms with E-state index in [4.69, 9.17) is 0 Å². The Morgan fingerprint density at radius 2 is 1.65 bits per heavy atom. The highest BCUT2D eigenvalue weighted by Crippen LogP contribution is 2.29. The Labute approximate surface area is 127 Å². The van der Waals surface area contributed by atoms with Gasteiger partial charge in [-0.05, 0) is 37.0 Å². The van der Waals surface area contributed by atoms with E-state index < -0.39 is 6.10 Å². The minimum Gasteiger partial charge on any atom is -0.387 e. The number of nitrogens with one attached hydrogen (secondary N) is 2. The van der Waals surface area contributed by atoms with Gasteiger partial charge in [0, 0.05) is 24.0 Å². The van der Waals surface area contributed by atoms with Crippen LogP contribution in [0, 0.1) is 5.41 Å². The van der Waals surface area contributed by atoms with Crippen molar-refractivity contribution in [2.24, 2.45) is 5.41 Å². The third-order valence-electron chi connectivity index (χ3n) is 4.13. The average molecular weight is 296 g/mol. The molecule has 0 saturated heterocycles. The second-order valence-corrected chi connectivity index (χ2v) is 7.31. The number of hydrogen-bond donors (Lipinski definition) is 3. The molecule has 0 bridgehead atoms. The first-order valence-corrected chi connectivity index (χ1v) is 8.22. The molecule has 0 aromatic heterocycles. The summed E-state index contributed by atoms with van der Waals surface area (Å²) < 4.78 is 3.17. The zero-order valence-electron chi connectivity index (χ0n) is 13.4. The van der Waals surface area contributed by atoms with Crippen LogP contribution in [0.4, 0.5) is 5.69 Å². The summed E-state index contributed by atoms with van der Waals surface area (Å²) in [6.45, 7) is 11.5. The van der Waals surface area contributed by atoms with Crippen molar-refractivity contribution in [3.8, 4) is 0 Å². The lowest BCUT2D eigenvalue weighted by atomic mass is 9.76. The van der Waals surface area contributed by atoms with Gasteiger partial charge in [-0.2, -0.15) is 0 Å². The van der Waals surface area contributed by atoms with Crippen LogP contribution in [0.1, 0.15) is 46.3 Å². The van der Waals surface area contributed by atoms with Gasteiger partial charge in [-0.25, -0.2) is 0 Å². The number of hydrogen-bond acceptors (Lipinski definition) is 4. The summed E-state index contributed by atoms with van der Waals surface area (Å²) in [5.41, 5.74) is 2.10. The van der Waals surface area contributed by atoms with Crippen molar-refractivity contribution in [1.82, 2.24) is 5.32 Å². The van der Waals surface area contributed by atoms with E-state index in [0.717, 1.165) is 11.3 Å². The number of aliphatic hydroxyl groups is 1. The van der Waals surface area contributed by atoms with Crippen LogP contribution >= 0.6 is 11.9 Å². The van der Waals surface area contributed by atoms with Gasteiger partial charge in [0.15, 0.2) is 0 Å². The van der Waals surface area contributed by atoms with Crippen LogP contribution in [0.25, 0.3) is 0 Å². The van der Waals surface area contributed by atoms with E-state index in [1.807, 2.05) is 30.5 Å². The van der Waals surface area contributed by atoms with Gasteiger partial charge in [0.2, 0.25) is 0 Å². The van der Waals surface area contributed by atoms with Crippen LogP contribution in [-0.4, -0.2) is 23.4 Å². The first kappa shape index (κ1) is 17.3. The highest BCUT2D eigenvalue weighted by Gasteiger charge is 2.32. The van der Waals surface area contributed by atoms with Gasteiger partial charge in [-0.15, -0.1) is 0 Å². The predicted octanol–water partition coefficient (Wildman–Crippen LogP) is 3.82. The van der Waals surface area contributed by atoms with Crippen LogP contribution in [0.2, 0.25) is 0 Å². The van der Waals surface area contributed by atoms with Gasteiger partial charge in [0.25, 0.3) is 0 Å². The molecule has 1 aromatic carbocycles. The van der Waals surface area contributed by atoms with Gasteiger partial charge in [0.05, 0.1) is 6.10 Å². The number of β-amino-alcohol motifs (C(OH)–C–C–N with tert-alkyl or cyclic N) is 1. The van der Waals surface area contributed by atoms with Crippen LogP contribution in [0.3, 0.4) is 0 Å². The molecule has 1 unspecified atom stereocenters. The molecule has 3 N–H and O–H groups in total. The molecule has 0 aliphatic heterocycles. The van der Waals surface area contributed by atoms with Crippen LogP contribution in [-0.2, 0) is 0 Å². The van der Waals surface area contributed by atoms with Gasteiger partial charge in [-0.1, -0.05) is 44.9 Å². The molecule has 114 valence electrons. The maximum atomic E-state index is 10.3. The summed E-state index contributed by atoms with van der Waals surface area (Å²) in [6.07, 6.45) is 1.50. The van der Waals surface area contributed by atoms with Gasteiger partial charge in [-0.3, -0.25) is 0 Å². The maximum absolute atomic E-state index is 10.3. The molecular weight excluding hydrogens is 268 g/mol. The van der Waals surface area contributed by atoms with Gasteiger partial charge < -0.3 is 15.1 Å².